The van der Waals surface area contributed by atoms with Crippen molar-refractivity contribution in [3.8, 4) is 0 Å². The van der Waals surface area contributed by atoms with Gasteiger partial charge in [-0.3, -0.25) is 9.80 Å². The number of carboxylic acid groups (broad SMARTS) is 2. The largest absolute Gasteiger partial charge is 0.465 e. The highest BCUT2D eigenvalue weighted by Crippen LogP contribution is 2.33. The average Bonchev–Trinajstić information content (AvgIpc) is 2.53. The molecule has 2 fully saturated rings. The van der Waals surface area contributed by atoms with Crippen LogP contribution in [0, 0.1) is 0 Å². The van der Waals surface area contributed by atoms with E-state index in [2.05, 4.69) is 0 Å². The van der Waals surface area contributed by atoms with Crippen LogP contribution >= 0.6 is 0 Å². The standard InChI is InChI=1S/C9H12N2O5/c12-4-7-6-2-1-5(11(6)9(15)16)3-10(7)8(13)14/h4-7H,1-3H2,(H,13,14)(H,15,16)/t5-,6+,7+/m0/s1. The molecule has 0 radical (unpaired) electrons. The lowest BCUT2D eigenvalue weighted by Gasteiger charge is -2.42. The Balaban J connectivity index is 2.28. The zero-order valence-corrected chi connectivity index (χ0v) is 8.44. The van der Waals surface area contributed by atoms with Crippen LogP contribution in [0.3, 0.4) is 0 Å². The zero-order valence-electron chi connectivity index (χ0n) is 8.44. The number of nitrogens with zero attached hydrogens (tertiary/aromatic N) is 2. The molecule has 3 atom stereocenters. The Hall–Kier alpha value is -1.79. The second-order valence-electron chi connectivity index (χ2n) is 4.05. The maximum Gasteiger partial charge on any atom is 0.408 e. The van der Waals surface area contributed by atoms with Gasteiger partial charge in [0.1, 0.15) is 12.3 Å². The Kier molecular flexibility index (Phi) is 2.45. The molecule has 7 heteroatoms. The monoisotopic (exact) mass is 228 g/mol. The minimum atomic E-state index is -1.17. The number of piperazine rings is 1. The third-order valence-corrected chi connectivity index (χ3v) is 3.31. The van der Waals surface area contributed by atoms with Crippen LogP contribution in [-0.4, -0.2) is 63.2 Å². The number of likely N-dealkylation sites (tertiary alicyclic amines) is 1. The molecule has 2 saturated heterocycles. The molecule has 2 N–H and O–H groups in total. The molecule has 0 aliphatic carbocycles. The minimum Gasteiger partial charge on any atom is -0.465 e. The zero-order chi connectivity index (χ0) is 11.9. The van der Waals surface area contributed by atoms with Gasteiger partial charge in [-0.05, 0) is 12.8 Å². The molecule has 2 aliphatic rings. The van der Waals surface area contributed by atoms with Crippen LogP contribution in [0.5, 0.6) is 0 Å². The van der Waals surface area contributed by atoms with Crippen LogP contribution in [-0.2, 0) is 4.79 Å². The fourth-order valence-corrected chi connectivity index (χ4v) is 2.65. The van der Waals surface area contributed by atoms with Gasteiger partial charge in [0.25, 0.3) is 0 Å². The fourth-order valence-electron chi connectivity index (χ4n) is 2.65. The van der Waals surface area contributed by atoms with E-state index in [0.717, 1.165) is 4.90 Å². The van der Waals surface area contributed by atoms with Crippen LogP contribution in [0.25, 0.3) is 0 Å². The van der Waals surface area contributed by atoms with E-state index < -0.39 is 24.3 Å². The highest BCUT2D eigenvalue weighted by molar-refractivity contribution is 5.75. The summed E-state index contributed by atoms with van der Waals surface area (Å²) >= 11 is 0. The SMILES string of the molecule is O=C[C@@H]1[C@H]2CC[C@@H](CN1C(=O)O)N2C(=O)O. The van der Waals surface area contributed by atoms with Crippen LogP contribution in [0.2, 0.25) is 0 Å². The van der Waals surface area contributed by atoms with Gasteiger partial charge in [0, 0.05) is 6.54 Å². The summed E-state index contributed by atoms with van der Waals surface area (Å²) in [4.78, 5) is 35.1. The number of carbonyl (C=O) groups excluding carboxylic acids is 1. The molecule has 0 aromatic rings. The fraction of sp³-hybridized carbons (Fsp3) is 0.667. The smallest absolute Gasteiger partial charge is 0.408 e. The predicted octanol–water partition coefficient (Wildman–Crippen LogP) is 0.0585. The van der Waals surface area contributed by atoms with Crippen LogP contribution < -0.4 is 0 Å². The van der Waals surface area contributed by atoms with Crippen molar-refractivity contribution in [2.45, 2.75) is 31.0 Å². The van der Waals surface area contributed by atoms with E-state index in [1.807, 2.05) is 0 Å². The molecule has 2 bridgehead atoms. The first-order valence-electron chi connectivity index (χ1n) is 5.02. The van der Waals surface area contributed by atoms with Crippen molar-refractivity contribution >= 4 is 18.5 Å². The van der Waals surface area contributed by atoms with Crippen molar-refractivity contribution < 1.29 is 24.6 Å². The van der Waals surface area contributed by atoms with Gasteiger partial charge in [0.15, 0.2) is 0 Å². The Labute approximate surface area is 91.2 Å². The first kappa shape index (κ1) is 10.7. The van der Waals surface area contributed by atoms with Crippen molar-refractivity contribution in [3.05, 3.63) is 0 Å². The number of carbonyl (C=O) groups is 3. The molecule has 2 rings (SSSR count). The highest BCUT2D eigenvalue weighted by Gasteiger charge is 2.49. The van der Waals surface area contributed by atoms with Gasteiger partial charge < -0.3 is 15.0 Å². The molecule has 16 heavy (non-hydrogen) atoms. The van der Waals surface area contributed by atoms with E-state index in [0.29, 0.717) is 19.1 Å². The number of aldehydes is 1. The summed E-state index contributed by atoms with van der Waals surface area (Å²) in [6.45, 7) is 0.0849. The van der Waals surface area contributed by atoms with Gasteiger partial charge in [-0.25, -0.2) is 9.59 Å². The van der Waals surface area contributed by atoms with Gasteiger partial charge >= 0.3 is 12.2 Å². The normalized spacial score (nSPS) is 32.6. The average molecular weight is 228 g/mol. The van der Waals surface area contributed by atoms with Crippen molar-refractivity contribution in [2.75, 3.05) is 6.54 Å². The van der Waals surface area contributed by atoms with Gasteiger partial charge in [0.2, 0.25) is 0 Å². The van der Waals surface area contributed by atoms with Crippen molar-refractivity contribution in [1.82, 2.24) is 9.80 Å². The summed E-state index contributed by atoms with van der Waals surface area (Å²) in [6.07, 6.45) is -0.561. The van der Waals surface area contributed by atoms with E-state index in [-0.39, 0.29) is 12.6 Å². The Bertz CT molecular complexity index is 345. The van der Waals surface area contributed by atoms with Crippen molar-refractivity contribution in [3.63, 3.8) is 0 Å². The van der Waals surface area contributed by atoms with Gasteiger partial charge in [0.05, 0.1) is 12.1 Å². The molecular formula is C9H12N2O5. The van der Waals surface area contributed by atoms with Gasteiger partial charge in [-0.15, -0.1) is 0 Å². The summed E-state index contributed by atoms with van der Waals surface area (Å²) in [5, 5.41) is 17.9. The van der Waals surface area contributed by atoms with Gasteiger partial charge in [-0.1, -0.05) is 0 Å². The lowest BCUT2D eigenvalue weighted by molar-refractivity contribution is -0.115. The Morgan fingerprint density at radius 3 is 2.38 bits per heavy atom. The molecule has 7 nitrogen and oxygen atoms in total. The Morgan fingerprint density at radius 2 is 1.88 bits per heavy atom. The summed E-state index contributed by atoms with van der Waals surface area (Å²) < 4.78 is 0. The molecule has 2 amide bonds. The topological polar surface area (TPSA) is 98.2 Å². The maximum absolute atomic E-state index is 11.0. The lowest BCUT2D eigenvalue weighted by atomic mass is 10.1. The van der Waals surface area contributed by atoms with Crippen LogP contribution in [0.15, 0.2) is 0 Å². The lowest BCUT2D eigenvalue weighted by Crippen LogP contribution is -2.62. The molecule has 0 aromatic heterocycles. The van der Waals surface area contributed by atoms with Gasteiger partial charge in [-0.2, -0.15) is 0 Å². The van der Waals surface area contributed by atoms with E-state index in [4.69, 9.17) is 10.2 Å². The van der Waals surface area contributed by atoms with E-state index in [1.54, 1.807) is 0 Å². The third-order valence-electron chi connectivity index (χ3n) is 3.31. The molecule has 2 heterocycles. The second kappa shape index (κ2) is 3.66. The summed E-state index contributed by atoms with van der Waals surface area (Å²) in [6, 6.07) is -1.70. The first-order chi connectivity index (χ1) is 7.56. The third kappa shape index (κ3) is 1.39. The van der Waals surface area contributed by atoms with E-state index in [9.17, 15) is 14.4 Å². The van der Waals surface area contributed by atoms with E-state index >= 15 is 0 Å². The molecule has 0 unspecified atom stereocenters. The summed E-state index contributed by atoms with van der Waals surface area (Å²) in [7, 11) is 0. The predicted molar refractivity (Wildman–Crippen MR) is 51.3 cm³/mol. The van der Waals surface area contributed by atoms with Crippen molar-refractivity contribution in [2.24, 2.45) is 0 Å². The molecular weight excluding hydrogens is 216 g/mol. The second-order valence-corrected chi connectivity index (χ2v) is 4.05. The molecule has 0 spiro atoms. The quantitative estimate of drug-likeness (QED) is 0.618. The Morgan fingerprint density at radius 1 is 1.19 bits per heavy atom. The number of amides is 2. The number of hydrogen-bond donors (Lipinski definition) is 2. The van der Waals surface area contributed by atoms with E-state index in [1.165, 1.54) is 4.90 Å². The molecule has 2 aliphatic heterocycles. The maximum atomic E-state index is 11.0. The number of hydrogen-bond acceptors (Lipinski definition) is 3. The molecule has 88 valence electrons. The van der Waals surface area contributed by atoms with Crippen molar-refractivity contribution in [1.29, 1.82) is 0 Å². The summed E-state index contributed by atoms with van der Waals surface area (Å²) in [5.74, 6) is 0. The van der Waals surface area contributed by atoms with Crippen LogP contribution in [0.4, 0.5) is 9.59 Å². The minimum absolute atomic E-state index is 0.0849. The van der Waals surface area contributed by atoms with Crippen LogP contribution in [0.1, 0.15) is 12.8 Å². The highest BCUT2D eigenvalue weighted by atomic mass is 16.4. The number of rotatable bonds is 1. The molecule has 0 aromatic carbocycles. The molecule has 0 saturated carbocycles. The first-order valence-corrected chi connectivity index (χ1v) is 5.02. The number of fused-ring (bicyclic) bond motifs is 2. The summed E-state index contributed by atoms with van der Waals surface area (Å²) in [5.41, 5.74) is 0.